The summed E-state index contributed by atoms with van der Waals surface area (Å²) < 4.78 is 3.89. The van der Waals surface area contributed by atoms with Crippen molar-refractivity contribution in [3.05, 3.63) is 65.0 Å². The first-order valence-corrected chi connectivity index (χ1v) is 8.85. The Bertz CT molecular complexity index is 928. The highest BCUT2D eigenvalue weighted by atomic mass is 16.2. The molecule has 0 saturated carbocycles. The summed E-state index contributed by atoms with van der Waals surface area (Å²) in [5, 5.41) is 8.62. The second-order valence-corrected chi connectivity index (χ2v) is 6.82. The first kappa shape index (κ1) is 16.5. The number of amides is 1. The van der Waals surface area contributed by atoms with Crippen LogP contribution in [0.3, 0.4) is 0 Å². The quantitative estimate of drug-likeness (QED) is 0.726. The van der Waals surface area contributed by atoms with Crippen LogP contribution < -0.4 is 0 Å². The molecule has 3 aromatic rings. The van der Waals surface area contributed by atoms with Gasteiger partial charge < -0.3 is 9.47 Å². The van der Waals surface area contributed by atoms with Crippen molar-refractivity contribution in [2.45, 2.75) is 39.9 Å². The lowest BCUT2D eigenvalue weighted by Crippen LogP contribution is -2.31. The fraction of sp³-hybridized carbons (Fsp3) is 0.368. The second kappa shape index (κ2) is 6.74. The van der Waals surface area contributed by atoms with E-state index in [1.54, 1.807) is 12.5 Å². The molecule has 26 heavy (non-hydrogen) atoms. The smallest absolute Gasteiger partial charge is 0.254 e. The monoisotopic (exact) mass is 350 g/mol. The molecule has 0 atom stereocenters. The standard InChI is InChI=1S/C19H22N6O/c1-14-4-5-16(10-15(14)2)19(26)24-7-3-8-25-18(12-24)17(21-22-25)11-23-9-6-20-13-23/h4-6,9-10,13H,3,7-8,11-12H2,1-2H3. The van der Waals surface area contributed by atoms with E-state index in [1.807, 2.05) is 45.5 Å². The number of aryl methyl sites for hydroxylation is 3. The Kier molecular flexibility index (Phi) is 4.28. The third-order valence-corrected chi connectivity index (χ3v) is 4.99. The van der Waals surface area contributed by atoms with Crippen LogP contribution in [0.25, 0.3) is 0 Å². The zero-order chi connectivity index (χ0) is 18.1. The van der Waals surface area contributed by atoms with E-state index in [9.17, 15) is 4.79 Å². The number of nitrogens with zero attached hydrogens (tertiary/aromatic N) is 6. The van der Waals surface area contributed by atoms with Gasteiger partial charge in [-0.05, 0) is 43.5 Å². The number of carbonyl (C=O) groups excluding carboxylic acids is 1. The zero-order valence-corrected chi connectivity index (χ0v) is 15.1. The van der Waals surface area contributed by atoms with E-state index in [4.69, 9.17) is 0 Å². The van der Waals surface area contributed by atoms with Crippen LogP contribution in [0.2, 0.25) is 0 Å². The highest BCUT2D eigenvalue weighted by Crippen LogP contribution is 2.19. The van der Waals surface area contributed by atoms with Gasteiger partial charge in [0.1, 0.15) is 5.69 Å². The summed E-state index contributed by atoms with van der Waals surface area (Å²) in [7, 11) is 0. The molecule has 7 heteroatoms. The summed E-state index contributed by atoms with van der Waals surface area (Å²) in [6, 6.07) is 5.90. The van der Waals surface area contributed by atoms with Crippen LogP contribution in [0, 0.1) is 13.8 Å². The van der Waals surface area contributed by atoms with Crippen molar-refractivity contribution < 1.29 is 4.79 Å². The van der Waals surface area contributed by atoms with Crippen molar-refractivity contribution in [1.29, 1.82) is 0 Å². The van der Waals surface area contributed by atoms with E-state index >= 15 is 0 Å². The number of imidazole rings is 1. The molecule has 0 aliphatic carbocycles. The van der Waals surface area contributed by atoms with Gasteiger partial charge in [-0.3, -0.25) is 4.79 Å². The number of hydrogen-bond donors (Lipinski definition) is 0. The minimum Gasteiger partial charge on any atom is -0.333 e. The lowest BCUT2D eigenvalue weighted by Gasteiger charge is -2.21. The molecule has 0 saturated heterocycles. The average Bonchev–Trinajstić information content (AvgIpc) is 3.22. The molecule has 4 rings (SSSR count). The lowest BCUT2D eigenvalue weighted by molar-refractivity contribution is 0.0745. The van der Waals surface area contributed by atoms with Gasteiger partial charge in [0.25, 0.3) is 5.91 Å². The SMILES string of the molecule is Cc1ccc(C(=O)N2CCCn3nnc(Cn4ccnc4)c3C2)cc1C. The molecule has 1 aromatic carbocycles. The zero-order valence-electron chi connectivity index (χ0n) is 15.1. The molecule has 0 fully saturated rings. The Morgan fingerprint density at radius 3 is 2.85 bits per heavy atom. The van der Waals surface area contributed by atoms with Crippen LogP contribution in [0.15, 0.2) is 36.9 Å². The summed E-state index contributed by atoms with van der Waals surface area (Å²) in [4.78, 5) is 19.0. The van der Waals surface area contributed by atoms with Crippen LogP contribution in [-0.2, 0) is 19.6 Å². The summed E-state index contributed by atoms with van der Waals surface area (Å²) in [6.07, 6.45) is 6.29. The van der Waals surface area contributed by atoms with Gasteiger partial charge in [0.2, 0.25) is 0 Å². The van der Waals surface area contributed by atoms with Crippen LogP contribution in [0.4, 0.5) is 0 Å². The van der Waals surface area contributed by atoms with Gasteiger partial charge in [0.05, 0.1) is 25.1 Å². The Hall–Kier alpha value is -2.96. The van der Waals surface area contributed by atoms with Crippen molar-refractivity contribution >= 4 is 5.91 Å². The normalized spacial score (nSPS) is 14.2. The molecule has 1 amide bonds. The third-order valence-electron chi connectivity index (χ3n) is 4.99. The molecule has 7 nitrogen and oxygen atoms in total. The minimum absolute atomic E-state index is 0.0660. The maximum absolute atomic E-state index is 13.0. The molecule has 1 aliphatic heterocycles. The lowest BCUT2D eigenvalue weighted by atomic mass is 10.1. The van der Waals surface area contributed by atoms with Gasteiger partial charge in [-0.1, -0.05) is 11.3 Å². The van der Waals surface area contributed by atoms with E-state index < -0.39 is 0 Å². The molecule has 0 unspecified atom stereocenters. The maximum Gasteiger partial charge on any atom is 0.254 e. The summed E-state index contributed by atoms with van der Waals surface area (Å²) in [5.74, 6) is 0.0660. The van der Waals surface area contributed by atoms with Gasteiger partial charge in [-0.25, -0.2) is 9.67 Å². The Morgan fingerprint density at radius 2 is 2.08 bits per heavy atom. The van der Waals surface area contributed by atoms with Crippen molar-refractivity contribution in [2.75, 3.05) is 6.54 Å². The molecule has 0 spiro atoms. The van der Waals surface area contributed by atoms with Gasteiger partial charge in [0, 0.05) is 31.0 Å². The van der Waals surface area contributed by atoms with E-state index in [1.165, 1.54) is 5.56 Å². The average molecular weight is 350 g/mol. The topological polar surface area (TPSA) is 68.8 Å². The van der Waals surface area contributed by atoms with E-state index in [-0.39, 0.29) is 5.91 Å². The molecule has 0 bridgehead atoms. The van der Waals surface area contributed by atoms with Gasteiger partial charge >= 0.3 is 0 Å². The Balaban J connectivity index is 1.59. The van der Waals surface area contributed by atoms with Crippen LogP contribution in [-0.4, -0.2) is 41.9 Å². The van der Waals surface area contributed by atoms with Crippen LogP contribution in [0.1, 0.15) is 39.3 Å². The fourth-order valence-corrected chi connectivity index (χ4v) is 3.30. The largest absolute Gasteiger partial charge is 0.333 e. The Morgan fingerprint density at radius 1 is 1.19 bits per heavy atom. The van der Waals surface area contributed by atoms with Crippen molar-refractivity contribution in [3.8, 4) is 0 Å². The number of aromatic nitrogens is 5. The van der Waals surface area contributed by atoms with Crippen LogP contribution in [0.5, 0.6) is 0 Å². The molecule has 0 N–H and O–H groups in total. The van der Waals surface area contributed by atoms with E-state index in [0.717, 1.165) is 42.0 Å². The minimum atomic E-state index is 0.0660. The summed E-state index contributed by atoms with van der Waals surface area (Å²) in [6.45, 7) is 6.74. The number of fused-ring (bicyclic) bond motifs is 1. The van der Waals surface area contributed by atoms with Crippen molar-refractivity contribution in [3.63, 3.8) is 0 Å². The first-order chi connectivity index (χ1) is 12.6. The van der Waals surface area contributed by atoms with Crippen LogP contribution >= 0.6 is 0 Å². The predicted octanol–water partition coefficient (Wildman–Crippen LogP) is 2.19. The van der Waals surface area contributed by atoms with Crippen molar-refractivity contribution in [2.24, 2.45) is 0 Å². The highest BCUT2D eigenvalue weighted by Gasteiger charge is 2.24. The van der Waals surface area contributed by atoms with E-state index in [0.29, 0.717) is 13.1 Å². The molecule has 2 aromatic heterocycles. The molecule has 134 valence electrons. The third kappa shape index (κ3) is 3.12. The van der Waals surface area contributed by atoms with Gasteiger partial charge in [-0.15, -0.1) is 5.10 Å². The number of hydrogen-bond acceptors (Lipinski definition) is 4. The predicted molar refractivity (Wildman–Crippen MR) is 96.6 cm³/mol. The van der Waals surface area contributed by atoms with Gasteiger partial charge in [0.15, 0.2) is 0 Å². The number of benzene rings is 1. The van der Waals surface area contributed by atoms with Crippen molar-refractivity contribution in [1.82, 2.24) is 29.4 Å². The molecular weight excluding hydrogens is 328 g/mol. The molecule has 1 aliphatic rings. The Labute approximate surface area is 152 Å². The molecular formula is C19H22N6O. The molecule has 0 radical (unpaired) electrons. The first-order valence-electron chi connectivity index (χ1n) is 8.85. The summed E-state index contributed by atoms with van der Waals surface area (Å²) in [5.41, 5.74) is 4.97. The summed E-state index contributed by atoms with van der Waals surface area (Å²) >= 11 is 0. The van der Waals surface area contributed by atoms with E-state index in [2.05, 4.69) is 22.2 Å². The molecule has 3 heterocycles. The maximum atomic E-state index is 13.0. The second-order valence-electron chi connectivity index (χ2n) is 6.82. The highest BCUT2D eigenvalue weighted by molar-refractivity contribution is 5.94. The number of carbonyl (C=O) groups is 1. The fourth-order valence-electron chi connectivity index (χ4n) is 3.30. The number of rotatable bonds is 3. The van der Waals surface area contributed by atoms with Gasteiger partial charge in [-0.2, -0.15) is 0 Å².